The Bertz CT molecular complexity index is 630. The molecule has 0 aliphatic carbocycles. The van der Waals surface area contributed by atoms with Crippen molar-refractivity contribution < 1.29 is 4.74 Å². The molecule has 122 valence electrons. The lowest BCUT2D eigenvalue weighted by atomic mass is 10.2. The molecule has 1 aliphatic rings. The second kappa shape index (κ2) is 7.84. The Balaban J connectivity index is 1.61. The fourth-order valence-corrected chi connectivity index (χ4v) is 3.46. The van der Waals surface area contributed by atoms with E-state index in [1.807, 2.05) is 12.1 Å². The molecule has 3 nitrogen and oxygen atoms in total. The molecule has 0 aromatic heterocycles. The Kier molecular flexibility index (Phi) is 5.57. The summed E-state index contributed by atoms with van der Waals surface area (Å²) in [6.07, 6.45) is 1.19. The summed E-state index contributed by atoms with van der Waals surface area (Å²) in [6.45, 7) is 5.43. The van der Waals surface area contributed by atoms with Crippen molar-refractivity contribution in [1.82, 2.24) is 4.90 Å². The van der Waals surface area contributed by atoms with Crippen molar-refractivity contribution in [3.05, 3.63) is 58.6 Å². The van der Waals surface area contributed by atoms with Gasteiger partial charge in [-0.1, -0.05) is 34.1 Å². The topological polar surface area (TPSA) is 15.7 Å². The molecule has 2 aromatic rings. The molecule has 0 radical (unpaired) electrons. The number of rotatable bonds is 4. The summed E-state index contributed by atoms with van der Waals surface area (Å²) in [4.78, 5) is 5.02. The SMILES string of the molecule is COc1ccc(N2CCCN(Cc3ccccc3Br)CC2)cc1. The van der Waals surface area contributed by atoms with Crippen LogP contribution in [0.5, 0.6) is 5.75 Å². The molecule has 0 atom stereocenters. The largest absolute Gasteiger partial charge is 0.497 e. The van der Waals surface area contributed by atoms with Crippen LogP contribution in [0.3, 0.4) is 0 Å². The summed E-state index contributed by atoms with van der Waals surface area (Å²) in [5, 5.41) is 0. The molecule has 3 rings (SSSR count). The lowest BCUT2D eigenvalue weighted by molar-refractivity contribution is 0.285. The average molecular weight is 375 g/mol. The van der Waals surface area contributed by atoms with Crippen LogP contribution in [0.1, 0.15) is 12.0 Å². The highest BCUT2D eigenvalue weighted by molar-refractivity contribution is 9.10. The number of hydrogen-bond donors (Lipinski definition) is 0. The fraction of sp³-hybridized carbons (Fsp3) is 0.368. The molecule has 1 saturated heterocycles. The summed E-state index contributed by atoms with van der Waals surface area (Å²) in [5.41, 5.74) is 2.65. The first-order valence-electron chi connectivity index (χ1n) is 8.11. The number of ether oxygens (including phenoxy) is 1. The standard InChI is InChI=1S/C19H23BrN2O/c1-23-18-9-7-17(8-10-18)22-12-4-11-21(13-14-22)15-16-5-2-3-6-19(16)20/h2-3,5-10H,4,11-15H2,1H3. The first kappa shape index (κ1) is 16.3. The minimum absolute atomic E-state index is 0.916. The van der Waals surface area contributed by atoms with E-state index in [1.165, 1.54) is 22.1 Å². The molecular weight excluding hydrogens is 352 g/mol. The van der Waals surface area contributed by atoms with Crippen LogP contribution in [0.15, 0.2) is 53.0 Å². The highest BCUT2D eigenvalue weighted by Crippen LogP contribution is 2.22. The van der Waals surface area contributed by atoms with Gasteiger partial charge in [-0.15, -0.1) is 0 Å². The van der Waals surface area contributed by atoms with Gasteiger partial charge in [0.15, 0.2) is 0 Å². The molecule has 0 amide bonds. The van der Waals surface area contributed by atoms with Crippen LogP contribution >= 0.6 is 15.9 Å². The maximum absolute atomic E-state index is 5.24. The summed E-state index contributed by atoms with van der Waals surface area (Å²) in [6, 6.07) is 16.9. The molecule has 0 N–H and O–H groups in total. The van der Waals surface area contributed by atoms with Gasteiger partial charge in [-0.2, -0.15) is 0 Å². The monoisotopic (exact) mass is 374 g/mol. The zero-order valence-electron chi connectivity index (χ0n) is 13.5. The van der Waals surface area contributed by atoms with Crippen LogP contribution in [0.2, 0.25) is 0 Å². The zero-order valence-corrected chi connectivity index (χ0v) is 15.1. The molecule has 0 spiro atoms. The van der Waals surface area contributed by atoms with E-state index in [9.17, 15) is 0 Å². The van der Waals surface area contributed by atoms with Gasteiger partial charge in [0.25, 0.3) is 0 Å². The van der Waals surface area contributed by atoms with E-state index in [0.717, 1.165) is 38.5 Å². The molecule has 4 heteroatoms. The summed E-state index contributed by atoms with van der Waals surface area (Å²) < 4.78 is 6.45. The van der Waals surface area contributed by atoms with Gasteiger partial charge >= 0.3 is 0 Å². The highest BCUT2D eigenvalue weighted by Gasteiger charge is 2.16. The summed E-state index contributed by atoms with van der Waals surface area (Å²) in [7, 11) is 1.71. The minimum Gasteiger partial charge on any atom is -0.497 e. The second-order valence-corrected chi connectivity index (χ2v) is 6.76. The van der Waals surface area contributed by atoms with Gasteiger partial charge in [0, 0.05) is 42.9 Å². The zero-order chi connectivity index (χ0) is 16.1. The first-order chi connectivity index (χ1) is 11.3. The second-order valence-electron chi connectivity index (χ2n) is 5.91. The van der Waals surface area contributed by atoms with Crippen molar-refractivity contribution in [3.8, 4) is 5.75 Å². The predicted octanol–water partition coefficient (Wildman–Crippen LogP) is 4.17. The number of anilines is 1. The van der Waals surface area contributed by atoms with Gasteiger partial charge in [-0.3, -0.25) is 4.90 Å². The van der Waals surface area contributed by atoms with Gasteiger partial charge in [0.2, 0.25) is 0 Å². The molecule has 0 unspecified atom stereocenters. The van der Waals surface area contributed by atoms with E-state index in [4.69, 9.17) is 4.74 Å². The third-order valence-electron chi connectivity index (χ3n) is 4.38. The van der Waals surface area contributed by atoms with Gasteiger partial charge in [0.05, 0.1) is 7.11 Å². The van der Waals surface area contributed by atoms with Crippen LogP contribution in [0, 0.1) is 0 Å². The van der Waals surface area contributed by atoms with E-state index < -0.39 is 0 Å². The third kappa shape index (κ3) is 4.27. The Morgan fingerprint density at radius 2 is 1.74 bits per heavy atom. The van der Waals surface area contributed by atoms with Crippen LogP contribution in [-0.2, 0) is 6.54 Å². The Morgan fingerprint density at radius 3 is 2.48 bits per heavy atom. The number of halogens is 1. The molecular formula is C19H23BrN2O. The molecule has 0 bridgehead atoms. The molecule has 1 heterocycles. The van der Waals surface area contributed by atoms with Crippen molar-refractivity contribution in [3.63, 3.8) is 0 Å². The number of methoxy groups -OCH3 is 1. The van der Waals surface area contributed by atoms with Crippen LogP contribution < -0.4 is 9.64 Å². The molecule has 1 aliphatic heterocycles. The highest BCUT2D eigenvalue weighted by atomic mass is 79.9. The van der Waals surface area contributed by atoms with Gasteiger partial charge in [-0.25, -0.2) is 0 Å². The van der Waals surface area contributed by atoms with E-state index in [1.54, 1.807) is 7.11 Å². The first-order valence-corrected chi connectivity index (χ1v) is 8.90. The van der Waals surface area contributed by atoms with E-state index in [-0.39, 0.29) is 0 Å². The lowest BCUT2D eigenvalue weighted by Gasteiger charge is -2.24. The van der Waals surface area contributed by atoms with Crippen LogP contribution in [-0.4, -0.2) is 38.2 Å². The molecule has 0 saturated carbocycles. The summed E-state index contributed by atoms with van der Waals surface area (Å²) in [5.74, 6) is 0.916. The van der Waals surface area contributed by atoms with Crippen molar-refractivity contribution in [2.24, 2.45) is 0 Å². The van der Waals surface area contributed by atoms with E-state index in [0.29, 0.717) is 0 Å². The molecule has 1 fully saturated rings. The van der Waals surface area contributed by atoms with Crippen molar-refractivity contribution in [2.45, 2.75) is 13.0 Å². The normalized spacial score (nSPS) is 16.2. The van der Waals surface area contributed by atoms with Gasteiger partial charge in [0.1, 0.15) is 5.75 Å². The van der Waals surface area contributed by atoms with Gasteiger partial charge < -0.3 is 9.64 Å². The van der Waals surface area contributed by atoms with Crippen molar-refractivity contribution in [2.75, 3.05) is 38.2 Å². The molecule has 2 aromatic carbocycles. The van der Waals surface area contributed by atoms with Gasteiger partial charge in [-0.05, 0) is 42.3 Å². The minimum atomic E-state index is 0.916. The summed E-state index contributed by atoms with van der Waals surface area (Å²) >= 11 is 3.66. The van der Waals surface area contributed by atoms with Crippen molar-refractivity contribution in [1.29, 1.82) is 0 Å². The maximum atomic E-state index is 5.24. The van der Waals surface area contributed by atoms with Crippen LogP contribution in [0.4, 0.5) is 5.69 Å². The quantitative estimate of drug-likeness (QED) is 0.798. The Labute approximate surface area is 147 Å². The van der Waals surface area contributed by atoms with E-state index >= 15 is 0 Å². The number of benzene rings is 2. The Hall–Kier alpha value is -1.52. The smallest absolute Gasteiger partial charge is 0.119 e. The van der Waals surface area contributed by atoms with E-state index in [2.05, 4.69) is 62.1 Å². The predicted molar refractivity (Wildman–Crippen MR) is 99.2 cm³/mol. The number of nitrogens with zero attached hydrogens (tertiary/aromatic N) is 2. The van der Waals surface area contributed by atoms with Crippen molar-refractivity contribution >= 4 is 21.6 Å². The number of hydrogen-bond acceptors (Lipinski definition) is 3. The Morgan fingerprint density at radius 1 is 0.957 bits per heavy atom. The van der Waals surface area contributed by atoms with Crippen LogP contribution in [0.25, 0.3) is 0 Å². The average Bonchev–Trinajstić information content (AvgIpc) is 2.83. The fourth-order valence-electron chi connectivity index (χ4n) is 3.05. The molecule has 23 heavy (non-hydrogen) atoms. The maximum Gasteiger partial charge on any atom is 0.119 e. The third-order valence-corrected chi connectivity index (χ3v) is 5.15. The lowest BCUT2D eigenvalue weighted by Crippen LogP contribution is -2.30.